The van der Waals surface area contributed by atoms with Crippen molar-refractivity contribution in [1.82, 2.24) is 0 Å². The highest BCUT2D eigenvalue weighted by atomic mass is 16.6. The Labute approximate surface area is 101 Å². The zero-order chi connectivity index (χ0) is 12.9. The van der Waals surface area contributed by atoms with Gasteiger partial charge in [0.05, 0.1) is 7.11 Å². The number of methoxy groups -OCH3 is 1. The summed E-state index contributed by atoms with van der Waals surface area (Å²) in [5.41, 5.74) is 0.0880. The Morgan fingerprint density at radius 2 is 1.94 bits per heavy atom. The molecule has 4 heteroatoms. The zero-order valence-electron chi connectivity index (χ0n) is 10.6. The molecule has 0 fully saturated rings. The van der Waals surface area contributed by atoms with Gasteiger partial charge in [0.2, 0.25) is 0 Å². The van der Waals surface area contributed by atoms with Crippen molar-refractivity contribution in [3.05, 3.63) is 24.3 Å². The molecule has 0 unspecified atom stereocenters. The van der Waals surface area contributed by atoms with Gasteiger partial charge in [-0.1, -0.05) is 12.1 Å². The Morgan fingerprint density at radius 1 is 1.29 bits per heavy atom. The lowest BCUT2D eigenvalue weighted by atomic mass is 10.2. The number of aliphatic imine (C=N–C) groups is 1. The maximum absolute atomic E-state index is 11.4. The van der Waals surface area contributed by atoms with Gasteiger partial charge in [-0.2, -0.15) is 0 Å². The lowest BCUT2D eigenvalue weighted by Gasteiger charge is -2.17. The standard InChI is InChI=1S/C13H17NO3/c1-13(2,3)17-12(15)9-14-10-7-5-6-8-11(10)16-4/h5-9H,1-4H3. The second-order valence-electron chi connectivity index (χ2n) is 4.46. The minimum absolute atomic E-state index is 0.469. The number of nitrogens with zero attached hydrogens (tertiary/aromatic N) is 1. The molecular weight excluding hydrogens is 218 g/mol. The molecule has 0 aliphatic carbocycles. The zero-order valence-corrected chi connectivity index (χ0v) is 10.6. The molecule has 4 nitrogen and oxygen atoms in total. The molecule has 17 heavy (non-hydrogen) atoms. The normalized spacial score (nSPS) is 11.5. The van der Waals surface area contributed by atoms with Crippen molar-refractivity contribution in [3.63, 3.8) is 0 Å². The number of para-hydroxylation sites is 2. The van der Waals surface area contributed by atoms with Gasteiger partial charge in [-0.3, -0.25) is 0 Å². The summed E-state index contributed by atoms with van der Waals surface area (Å²) in [6, 6.07) is 7.21. The maximum Gasteiger partial charge on any atom is 0.349 e. The molecule has 0 atom stereocenters. The third-order valence-corrected chi connectivity index (χ3v) is 1.80. The Balaban J connectivity index is 2.74. The highest BCUT2D eigenvalue weighted by Gasteiger charge is 2.14. The van der Waals surface area contributed by atoms with Crippen molar-refractivity contribution >= 4 is 17.9 Å². The molecule has 0 bridgehead atoms. The van der Waals surface area contributed by atoms with E-state index < -0.39 is 11.6 Å². The highest BCUT2D eigenvalue weighted by molar-refractivity contribution is 6.23. The van der Waals surface area contributed by atoms with E-state index in [2.05, 4.69) is 4.99 Å². The molecule has 0 heterocycles. The Bertz CT molecular complexity index is 419. The van der Waals surface area contributed by atoms with E-state index in [0.717, 1.165) is 6.21 Å². The lowest BCUT2D eigenvalue weighted by molar-refractivity contribution is -0.145. The number of esters is 1. The molecule has 1 rings (SSSR count). The number of hydrogen-bond acceptors (Lipinski definition) is 4. The maximum atomic E-state index is 11.4. The van der Waals surface area contributed by atoms with Crippen LogP contribution in [0.5, 0.6) is 5.75 Å². The van der Waals surface area contributed by atoms with Crippen molar-refractivity contribution in [2.24, 2.45) is 4.99 Å². The van der Waals surface area contributed by atoms with Crippen molar-refractivity contribution in [1.29, 1.82) is 0 Å². The average Bonchev–Trinajstić information content (AvgIpc) is 2.24. The first kappa shape index (κ1) is 13.2. The van der Waals surface area contributed by atoms with E-state index in [0.29, 0.717) is 11.4 Å². The van der Waals surface area contributed by atoms with Crippen LogP contribution in [0.3, 0.4) is 0 Å². The van der Waals surface area contributed by atoms with Crippen molar-refractivity contribution in [2.75, 3.05) is 7.11 Å². The van der Waals surface area contributed by atoms with Gasteiger partial charge >= 0.3 is 5.97 Å². The van der Waals surface area contributed by atoms with E-state index in [1.807, 2.05) is 32.9 Å². The number of hydrogen-bond donors (Lipinski definition) is 0. The van der Waals surface area contributed by atoms with Crippen LogP contribution in [0.25, 0.3) is 0 Å². The predicted octanol–water partition coefficient (Wildman–Crippen LogP) is 2.74. The van der Waals surface area contributed by atoms with Crippen LogP contribution in [-0.4, -0.2) is 24.9 Å². The molecule has 0 saturated heterocycles. The molecular formula is C13H17NO3. The largest absolute Gasteiger partial charge is 0.494 e. The van der Waals surface area contributed by atoms with Gasteiger partial charge in [0.15, 0.2) is 0 Å². The first-order valence-electron chi connectivity index (χ1n) is 5.32. The van der Waals surface area contributed by atoms with E-state index in [4.69, 9.17) is 9.47 Å². The van der Waals surface area contributed by atoms with Gasteiger partial charge in [-0.15, -0.1) is 0 Å². The van der Waals surface area contributed by atoms with Gasteiger partial charge in [0.25, 0.3) is 0 Å². The van der Waals surface area contributed by atoms with Crippen LogP contribution < -0.4 is 4.74 Å². The molecule has 0 saturated carbocycles. The van der Waals surface area contributed by atoms with Crippen LogP contribution in [-0.2, 0) is 9.53 Å². The van der Waals surface area contributed by atoms with Gasteiger partial charge < -0.3 is 9.47 Å². The first-order chi connectivity index (χ1) is 7.92. The molecule has 0 N–H and O–H groups in total. The summed E-state index contributed by atoms with van der Waals surface area (Å²) < 4.78 is 10.2. The van der Waals surface area contributed by atoms with Crippen LogP contribution >= 0.6 is 0 Å². The second kappa shape index (κ2) is 5.48. The van der Waals surface area contributed by atoms with Crippen LogP contribution in [0.2, 0.25) is 0 Å². The van der Waals surface area contributed by atoms with E-state index in [-0.39, 0.29) is 0 Å². The fourth-order valence-corrected chi connectivity index (χ4v) is 1.19. The summed E-state index contributed by atoms with van der Waals surface area (Å²) in [4.78, 5) is 15.5. The summed E-state index contributed by atoms with van der Waals surface area (Å²) in [6.45, 7) is 5.42. The number of carbonyl (C=O) groups is 1. The van der Waals surface area contributed by atoms with E-state index in [9.17, 15) is 4.79 Å². The topological polar surface area (TPSA) is 47.9 Å². The lowest BCUT2D eigenvalue weighted by Crippen LogP contribution is -2.24. The van der Waals surface area contributed by atoms with Gasteiger partial charge in [0, 0.05) is 0 Å². The number of ether oxygens (including phenoxy) is 2. The van der Waals surface area contributed by atoms with Crippen LogP contribution in [0, 0.1) is 0 Å². The summed E-state index contributed by atoms with van der Waals surface area (Å²) in [7, 11) is 1.56. The number of rotatable bonds is 3. The van der Waals surface area contributed by atoms with Crippen molar-refractivity contribution < 1.29 is 14.3 Å². The first-order valence-corrected chi connectivity index (χ1v) is 5.32. The minimum atomic E-state index is -0.510. The number of benzene rings is 1. The summed E-state index contributed by atoms with van der Waals surface area (Å²) in [5, 5.41) is 0. The molecule has 1 aromatic rings. The Hall–Kier alpha value is -1.84. The van der Waals surface area contributed by atoms with Gasteiger partial charge in [-0.05, 0) is 32.9 Å². The third-order valence-electron chi connectivity index (χ3n) is 1.80. The minimum Gasteiger partial charge on any atom is -0.494 e. The molecule has 0 amide bonds. The predicted molar refractivity (Wildman–Crippen MR) is 67.0 cm³/mol. The van der Waals surface area contributed by atoms with Gasteiger partial charge in [0.1, 0.15) is 23.3 Å². The molecule has 0 aliphatic rings. The summed E-state index contributed by atoms with van der Waals surface area (Å²) in [5.74, 6) is 0.149. The summed E-state index contributed by atoms with van der Waals surface area (Å²) >= 11 is 0. The van der Waals surface area contributed by atoms with E-state index >= 15 is 0 Å². The van der Waals surface area contributed by atoms with Crippen LogP contribution in [0.1, 0.15) is 20.8 Å². The molecule has 0 spiro atoms. The monoisotopic (exact) mass is 235 g/mol. The third kappa shape index (κ3) is 4.68. The number of carbonyl (C=O) groups excluding carboxylic acids is 1. The van der Waals surface area contributed by atoms with Crippen molar-refractivity contribution in [3.8, 4) is 5.75 Å². The smallest absolute Gasteiger partial charge is 0.349 e. The van der Waals surface area contributed by atoms with Gasteiger partial charge in [-0.25, -0.2) is 9.79 Å². The van der Waals surface area contributed by atoms with Crippen molar-refractivity contribution in [2.45, 2.75) is 26.4 Å². The molecule has 0 aliphatic heterocycles. The quantitative estimate of drug-likeness (QED) is 0.598. The van der Waals surface area contributed by atoms with E-state index in [1.165, 1.54) is 0 Å². The highest BCUT2D eigenvalue weighted by Crippen LogP contribution is 2.25. The average molecular weight is 235 g/mol. The second-order valence-corrected chi connectivity index (χ2v) is 4.46. The molecule has 0 radical (unpaired) electrons. The van der Waals surface area contributed by atoms with Crippen LogP contribution in [0.4, 0.5) is 5.69 Å². The fraction of sp³-hybridized carbons (Fsp3) is 0.385. The molecule has 0 aromatic heterocycles. The molecule has 92 valence electrons. The SMILES string of the molecule is COc1ccccc1N=CC(=O)OC(C)(C)C. The Kier molecular flexibility index (Phi) is 4.26. The molecule has 1 aromatic carbocycles. The summed E-state index contributed by atoms with van der Waals surface area (Å²) in [6.07, 6.45) is 1.16. The van der Waals surface area contributed by atoms with Crippen LogP contribution in [0.15, 0.2) is 29.3 Å². The fourth-order valence-electron chi connectivity index (χ4n) is 1.19. The van der Waals surface area contributed by atoms with E-state index in [1.54, 1.807) is 19.2 Å². The Morgan fingerprint density at radius 3 is 2.53 bits per heavy atom.